The SMILES string of the molecule is CC(NC(=O)NCc1cnn(-c2ccc(F)cc2F)c1)c1cccc(Cl)c1. The highest BCUT2D eigenvalue weighted by Gasteiger charge is 2.11. The molecule has 0 aliphatic heterocycles. The van der Waals surface area contributed by atoms with Gasteiger partial charge >= 0.3 is 6.03 Å². The molecule has 0 radical (unpaired) electrons. The summed E-state index contributed by atoms with van der Waals surface area (Å²) in [6.45, 7) is 2.05. The van der Waals surface area contributed by atoms with Gasteiger partial charge in [-0.15, -0.1) is 0 Å². The topological polar surface area (TPSA) is 59.0 Å². The van der Waals surface area contributed by atoms with E-state index in [0.717, 1.165) is 17.7 Å². The maximum Gasteiger partial charge on any atom is 0.315 e. The monoisotopic (exact) mass is 390 g/mol. The van der Waals surface area contributed by atoms with Gasteiger partial charge in [0.05, 0.1) is 12.2 Å². The van der Waals surface area contributed by atoms with Crippen molar-refractivity contribution in [1.29, 1.82) is 0 Å². The third kappa shape index (κ3) is 4.83. The van der Waals surface area contributed by atoms with E-state index in [9.17, 15) is 13.6 Å². The lowest BCUT2D eigenvalue weighted by molar-refractivity contribution is 0.237. The Morgan fingerprint density at radius 3 is 2.81 bits per heavy atom. The molecule has 2 aromatic carbocycles. The molecule has 140 valence electrons. The molecule has 0 saturated heterocycles. The van der Waals surface area contributed by atoms with Gasteiger partial charge < -0.3 is 10.6 Å². The summed E-state index contributed by atoms with van der Waals surface area (Å²) in [4.78, 5) is 12.1. The van der Waals surface area contributed by atoms with E-state index in [-0.39, 0.29) is 24.3 Å². The van der Waals surface area contributed by atoms with E-state index in [1.165, 1.54) is 16.9 Å². The first-order chi connectivity index (χ1) is 12.9. The lowest BCUT2D eigenvalue weighted by Gasteiger charge is -2.15. The average molecular weight is 391 g/mol. The van der Waals surface area contributed by atoms with Crippen molar-refractivity contribution in [3.05, 3.63) is 82.6 Å². The van der Waals surface area contributed by atoms with Crippen LogP contribution in [0.1, 0.15) is 24.1 Å². The lowest BCUT2D eigenvalue weighted by Crippen LogP contribution is -2.36. The third-order valence-electron chi connectivity index (χ3n) is 3.94. The van der Waals surface area contributed by atoms with Crippen LogP contribution in [0.15, 0.2) is 54.9 Å². The summed E-state index contributed by atoms with van der Waals surface area (Å²) < 4.78 is 28.1. The van der Waals surface area contributed by atoms with E-state index in [1.807, 2.05) is 19.1 Å². The molecule has 0 spiro atoms. The van der Waals surface area contributed by atoms with E-state index in [1.54, 1.807) is 18.3 Å². The Bertz CT molecular complexity index is 960. The smallest absolute Gasteiger partial charge is 0.315 e. The van der Waals surface area contributed by atoms with E-state index in [0.29, 0.717) is 10.6 Å². The first-order valence-corrected chi connectivity index (χ1v) is 8.59. The molecule has 2 N–H and O–H groups in total. The molecule has 1 aromatic heterocycles. The van der Waals surface area contributed by atoms with Gasteiger partial charge in [-0.1, -0.05) is 23.7 Å². The molecule has 0 bridgehead atoms. The normalized spacial score (nSPS) is 11.9. The van der Waals surface area contributed by atoms with Crippen LogP contribution in [0, 0.1) is 11.6 Å². The lowest BCUT2D eigenvalue weighted by atomic mass is 10.1. The fourth-order valence-electron chi connectivity index (χ4n) is 2.54. The Morgan fingerprint density at radius 1 is 1.26 bits per heavy atom. The Balaban J connectivity index is 1.57. The zero-order chi connectivity index (χ0) is 19.4. The van der Waals surface area contributed by atoms with Gasteiger partial charge in [-0.05, 0) is 36.8 Å². The van der Waals surface area contributed by atoms with Gasteiger partial charge in [0.1, 0.15) is 11.5 Å². The summed E-state index contributed by atoms with van der Waals surface area (Å²) in [5, 5.41) is 10.2. The number of hydrogen-bond donors (Lipinski definition) is 2. The fraction of sp³-hybridized carbons (Fsp3) is 0.158. The van der Waals surface area contributed by atoms with Crippen molar-refractivity contribution < 1.29 is 13.6 Å². The van der Waals surface area contributed by atoms with Crippen LogP contribution < -0.4 is 10.6 Å². The van der Waals surface area contributed by atoms with Crippen molar-refractivity contribution >= 4 is 17.6 Å². The Kier molecular flexibility index (Phi) is 5.71. The van der Waals surface area contributed by atoms with Crippen LogP contribution in [0.2, 0.25) is 5.02 Å². The molecule has 0 fully saturated rings. The first-order valence-electron chi connectivity index (χ1n) is 8.21. The molecule has 0 aliphatic rings. The van der Waals surface area contributed by atoms with E-state index < -0.39 is 11.6 Å². The highest BCUT2D eigenvalue weighted by Crippen LogP contribution is 2.17. The molecule has 0 aliphatic carbocycles. The summed E-state index contributed by atoms with van der Waals surface area (Å²) in [6.07, 6.45) is 3.07. The summed E-state index contributed by atoms with van der Waals surface area (Å²) in [7, 11) is 0. The van der Waals surface area contributed by atoms with Crippen molar-refractivity contribution in [1.82, 2.24) is 20.4 Å². The van der Waals surface area contributed by atoms with Crippen LogP contribution in [0.4, 0.5) is 13.6 Å². The number of carbonyl (C=O) groups is 1. The van der Waals surface area contributed by atoms with Crippen molar-refractivity contribution in [3.63, 3.8) is 0 Å². The minimum atomic E-state index is -0.717. The maximum absolute atomic E-state index is 13.8. The van der Waals surface area contributed by atoms with Gasteiger partial charge in [-0.25, -0.2) is 18.3 Å². The maximum atomic E-state index is 13.8. The third-order valence-corrected chi connectivity index (χ3v) is 4.18. The van der Waals surface area contributed by atoms with E-state index in [4.69, 9.17) is 11.6 Å². The number of nitrogens with one attached hydrogen (secondary N) is 2. The van der Waals surface area contributed by atoms with Crippen LogP contribution in [-0.2, 0) is 6.54 Å². The molecule has 1 atom stereocenters. The molecule has 3 rings (SSSR count). The van der Waals surface area contributed by atoms with Crippen LogP contribution >= 0.6 is 11.6 Å². The molecular weight excluding hydrogens is 374 g/mol. The first kappa shape index (κ1) is 18.8. The van der Waals surface area contributed by atoms with Crippen molar-refractivity contribution in [2.24, 2.45) is 0 Å². The van der Waals surface area contributed by atoms with Crippen molar-refractivity contribution in [2.75, 3.05) is 0 Å². The van der Waals surface area contributed by atoms with E-state index in [2.05, 4.69) is 15.7 Å². The van der Waals surface area contributed by atoms with Crippen LogP contribution in [0.3, 0.4) is 0 Å². The average Bonchev–Trinajstić information content (AvgIpc) is 3.08. The fourth-order valence-corrected chi connectivity index (χ4v) is 2.74. The second-order valence-corrected chi connectivity index (χ2v) is 6.43. The molecule has 5 nitrogen and oxygen atoms in total. The number of rotatable bonds is 5. The molecular formula is C19H17ClF2N4O. The van der Waals surface area contributed by atoms with Gasteiger partial charge in [0, 0.05) is 29.4 Å². The number of urea groups is 1. The van der Waals surface area contributed by atoms with Crippen LogP contribution in [0.5, 0.6) is 0 Å². The quantitative estimate of drug-likeness (QED) is 0.679. The summed E-state index contributed by atoms with van der Waals surface area (Å²) in [5.74, 6) is -1.37. The van der Waals surface area contributed by atoms with Gasteiger partial charge in [0.2, 0.25) is 0 Å². The standard InChI is InChI=1S/C19H17ClF2N4O/c1-12(14-3-2-4-15(20)7-14)25-19(27)23-9-13-10-24-26(11-13)18-6-5-16(21)8-17(18)22/h2-8,10-12H,9H2,1H3,(H2,23,25,27). The zero-order valence-corrected chi connectivity index (χ0v) is 15.2. The van der Waals surface area contributed by atoms with Crippen LogP contribution in [-0.4, -0.2) is 15.8 Å². The Labute approximate surface area is 160 Å². The summed E-state index contributed by atoms with van der Waals surface area (Å²) in [5.41, 5.74) is 1.68. The summed E-state index contributed by atoms with van der Waals surface area (Å²) >= 11 is 5.95. The molecule has 0 saturated carbocycles. The molecule has 8 heteroatoms. The molecule has 1 unspecified atom stereocenters. The largest absolute Gasteiger partial charge is 0.334 e. The number of amides is 2. The number of carbonyl (C=O) groups excluding carboxylic acids is 1. The predicted molar refractivity (Wildman–Crippen MR) is 98.7 cm³/mol. The van der Waals surface area contributed by atoms with E-state index >= 15 is 0 Å². The molecule has 3 aromatic rings. The number of nitrogens with zero attached hydrogens (tertiary/aromatic N) is 2. The Hall–Kier alpha value is -2.93. The minimum Gasteiger partial charge on any atom is -0.334 e. The van der Waals surface area contributed by atoms with Gasteiger partial charge in [-0.2, -0.15) is 5.10 Å². The van der Waals surface area contributed by atoms with Gasteiger partial charge in [-0.3, -0.25) is 0 Å². The zero-order valence-electron chi connectivity index (χ0n) is 14.4. The number of aromatic nitrogens is 2. The predicted octanol–water partition coefficient (Wildman–Crippen LogP) is 4.36. The highest BCUT2D eigenvalue weighted by molar-refractivity contribution is 6.30. The minimum absolute atomic E-state index is 0.127. The Morgan fingerprint density at radius 2 is 2.07 bits per heavy atom. The van der Waals surface area contributed by atoms with Crippen LogP contribution in [0.25, 0.3) is 5.69 Å². The second-order valence-electron chi connectivity index (χ2n) is 5.99. The highest BCUT2D eigenvalue weighted by atomic mass is 35.5. The molecule has 1 heterocycles. The molecule has 2 amide bonds. The van der Waals surface area contributed by atoms with Gasteiger partial charge in [0.15, 0.2) is 5.82 Å². The molecule has 27 heavy (non-hydrogen) atoms. The summed E-state index contributed by atoms with van der Waals surface area (Å²) in [6, 6.07) is 9.90. The number of hydrogen-bond acceptors (Lipinski definition) is 2. The second kappa shape index (κ2) is 8.18. The van der Waals surface area contributed by atoms with Crippen molar-refractivity contribution in [3.8, 4) is 5.69 Å². The number of halogens is 3. The number of benzene rings is 2. The van der Waals surface area contributed by atoms with Crippen molar-refractivity contribution in [2.45, 2.75) is 19.5 Å². The van der Waals surface area contributed by atoms with Gasteiger partial charge in [0.25, 0.3) is 0 Å².